The molecule has 0 fully saturated rings. The molecule has 0 aliphatic carbocycles. The van der Waals surface area contributed by atoms with Gasteiger partial charge in [-0.2, -0.15) is 0 Å². The Morgan fingerprint density at radius 1 is 1.19 bits per heavy atom. The second kappa shape index (κ2) is 9.05. The van der Waals surface area contributed by atoms with E-state index >= 15 is 0 Å². The van der Waals surface area contributed by atoms with Gasteiger partial charge in [-0.15, -0.1) is 18.3 Å². The predicted octanol–water partition coefficient (Wildman–Crippen LogP) is 4.25. The lowest BCUT2D eigenvalue weighted by Crippen LogP contribution is -2.28. The summed E-state index contributed by atoms with van der Waals surface area (Å²) in [4.78, 5) is 13.9. The van der Waals surface area contributed by atoms with Crippen molar-refractivity contribution >= 4 is 27.5 Å². The normalized spacial score (nSPS) is 12.4. The summed E-state index contributed by atoms with van der Waals surface area (Å²) >= 11 is 1.56. The summed E-state index contributed by atoms with van der Waals surface area (Å²) in [5.74, 6) is 0.588. The standard InChI is InChI=1S/C20H23NO3S2/c1-4-14-25-19-9-7-6-8-17(19)20(22)21-18(5-2)15-10-12-16(13-11-15)26(3,23)24/h4,6-13,18H,1,5,14H2,2-3H3,(H,21,22). The Kier molecular flexibility index (Phi) is 7.06. The van der Waals surface area contributed by atoms with E-state index in [9.17, 15) is 13.2 Å². The van der Waals surface area contributed by atoms with Gasteiger partial charge in [0.05, 0.1) is 16.5 Å². The van der Waals surface area contributed by atoms with Crippen molar-refractivity contribution in [3.05, 3.63) is 72.3 Å². The zero-order chi connectivity index (χ0) is 19.2. The molecule has 1 amide bonds. The van der Waals surface area contributed by atoms with Crippen LogP contribution < -0.4 is 5.32 Å². The Hall–Kier alpha value is -2.05. The molecule has 0 aliphatic rings. The summed E-state index contributed by atoms with van der Waals surface area (Å²) < 4.78 is 23.2. The number of carbonyl (C=O) groups excluding carboxylic acids is 1. The van der Waals surface area contributed by atoms with Crippen LogP contribution in [0.3, 0.4) is 0 Å². The molecule has 4 nitrogen and oxygen atoms in total. The molecule has 6 heteroatoms. The molecule has 2 aromatic rings. The molecular weight excluding hydrogens is 366 g/mol. The van der Waals surface area contributed by atoms with Crippen molar-refractivity contribution in [1.29, 1.82) is 0 Å². The highest BCUT2D eigenvalue weighted by Gasteiger charge is 2.17. The molecule has 1 atom stereocenters. The van der Waals surface area contributed by atoms with Crippen molar-refractivity contribution in [2.75, 3.05) is 12.0 Å². The Labute approximate surface area is 159 Å². The lowest BCUT2D eigenvalue weighted by atomic mass is 10.0. The van der Waals surface area contributed by atoms with Crippen molar-refractivity contribution in [1.82, 2.24) is 5.32 Å². The van der Waals surface area contributed by atoms with Gasteiger partial charge in [0.15, 0.2) is 9.84 Å². The molecule has 2 rings (SSSR count). The third-order valence-electron chi connectivity index (χ3n) is 3.91. The average molecular weight is 390 g/mol. The van der Waals surface area contributed by atoms with Crippen LogP contribution in [0.15, 0.2) is 71.0 Å². The van der Waals surface area contributed by atoms with E-state index < -0.39 is 9.84 Å². The van der Waals surface area contributed by atoms with Crippen molar-refractivity contribution < 1.29 is 13.2 Å². The lowest BCUT2D eigenvalue weighted by Gasteiger charge is -2.19. The molecule has 0 heterocycles. The summed E-state index contributed by atoms with van der Waals surface area (Å²) in [7, 11) is -3.23. The quantitative estimate of drug-likeness (QED) is 0.541. The molecule has 26 heavy (non-hydrogen) atoms. The number of thioether (sulfide) groups is 1. The molecule has 0 saturated heterocycles. The second-order valence-electron chi connectivity index (χ2n) is 5.87. The predicted molar refractivity (Wildman–Crippen MR) is 107 cm³/mol. The van der Waals surface area contributed by atoms with Crippen molar-refractivity contribution in [2.45, 2.75) is 29.2 Å². The molecule has 138 valence electrons. The first-order valence-electron chi connectivity index (χ1n) is 8.30. The van der Waals surface area contributed by atoms with Crippen LogP contribution in [0.1, 0.15) is 35.3 Å². The van der Waals surface area contributed by atoms with Gasteiger partial charge in [-0.05, 0) is 36.2 Å². The Bertz CT molecular complexity index is 874. The number of amides is 1. The summed E-state index contributed by atoms with van der Waals surface area (Å²) in [5, 5.41) is 3.05. The fourth-order valence-electron chi connectivity index (χ4n) is 2.53. The first kappa shape index (κ1) is 20.3. The van der Waals surface area contributed by atoms with E-state index in [1.165, 1.54) is 6.26 Å². The van der Waals surface area contributed by atoms with Gasteiger partial charge in [0.2, 0.25) is 0 Å². The minimum Gasteiger partial charge on any atom is -0.345 e. The van der Waals surface area contributed by atoms with E-state index in [0.717, 1.165) is 16.2 Å². The van der Waals surface area contributed by atoms with Crippen LogP contribution in [0.4, 0.5) is 0 Å². The third kappa shape index (κ3) is 5.22. The maximum atomic E-state index is 12.8. The van der Waals surface area contributed by atoms with Crippen LogP contribution in [-0.2, 0) is 9.84 Å². The van der Waals surface area contributed by atoms with E-state index in [1.54, 1.807) is 48.2 Å². The first-order chi connectivity index (χ1) is 12.4. The van der Waals surface area contributed by atoms with E-state index in [0.29, 0.717) is 12.0 Å². The Morgan fingerprint density at radius 3 is 2.42 bits per heavy atom. The lowest BCUT2D eigenvalue weighted by molar-refractivity contribution is 0.0932. The van der Waals surface area contributed by atoms with E-state index in [1.807, 2.05) is 25.1 Å². The number of hydrogen-bond donors (Lipinski definition) is 1. The summed E-state index contributed by atoms with van der Waals surface area (Å²) in [6.07, 6.45) is 3.68. The number of rotatable bonds is 8. The molecular formula is C20H23NO3S2. The van der Waals surface area contributed by atoms with Gasteiger partial charge >= 0.3 is 0 Å². The van der Waals surface area contributed by atoms with Crippen molar-refractivity contribution in [3.63, 3.8) is 0 Å². The van der Waals surface area contributed by atoms with Crippen LogP contribution in [-0.4, -0.2) is 26.3 Å². The van der Waals surface area contributed by atoms with Gasteiger partial charge in [-0.1, -0.05) is 37.3 Å². The maximum Gasteiger partial charge on any atom is 0.252 e. The number of nitrogens with one attached hydrogen (secondary N) is 1. The zero-order valence-electron chi connectivity index (χ0n) is 14.9. The van der Waals surface area contributed by atoms with Gasteiger partial charge in [-0.3, -0.25) is 4.79 Å². The van der Waals surface area contributed by atoms with Gasteiger partial charge in [0.1, 0.15) is 0 Å². The van der Waals surface area contributed by atoms with Crippen molar-refractivity contribution in [2.24, 2.45) is 0 Å². The second-order valence-corrected chi connectivity index (χ2v) is 8.95. The first-order valence-corrected chi connectivity index (χ1v) is 11.2. The van der Waals surface area contributed by atoms with Gasteiger partial charge in [0.25, 0.3) is 5.91 Å². The monoisotopic (exact) mass is 389 g/mol. The largest absolute Gasteiger partial charge is 0.345 e. The average Bonchev–Trinajstić information content (AvgIpc) is 2.64. The number of benzene rings is 2. The fraction of sp³-hybridized carbons (Fsp3) is 0.250. The van der Waals surface area contributed by atoms with Gasteiger partial charge in [-0.25, -0.2) is 8.42 Å². The highest BCUT2D eigenvalue weighted by Crippen LogP contribution is 2.24. The molecule has 0 saturated carbocycles. The van der Waals surface area contributed by atoms with Crippen LogP contribution in [0.2, 0.25) is 0 Å². The van der Waals surface area contributed by atoms with Crippen molar-refractivity contribution in [3.8, 4) is 0 Å². The van der Waals surface area contributed by atoms with Gasteiger partial charge < -0.3 is 5.32 Å². The molecule has 1 N–H and O–H groups in total. The SMILES string of the molecule is C=CCSc1ccccc1C(=O)NC(CC)c1ccc(S(C)(=O)=O)cc1. The number of sulfone groups is 1. The molecule has 0 radical (unpaired) electrons. The fourth-order valence-corrected chi connectivity index (χ4v) is 3.95. The number of hydrogen-bond acceptors (Lipinski definition) is 4. The Balaban J connectivity index is 2.20. The minimum absolute atomic E-state index is 0.142. The maximum absolute atomic E-state index is 12.8. The van der Waals surface area contributed by atoms with E-state index in [-0.39, 0.29) is 16.8 Å². The summed E-state index contributed by atoms with van der Waals surface area (Å²) in [5.41, 5.74) is 1.51. The third-order valence-corrected chi connectivity index (χ3v) is 6.11. The minimum atomic E-state index is -3.23. The molecule has 0 aliphatic heterocycles. The van der Waals surface area contributed by atoms with E-state index in [2.05, 4.69) is 11.9 Å². The smallest absolute Gasteiger partial charge is 0.252 e. The molecule has 2 aromatic carbocycles. The zero-order valence-corrected chi connectivity index (χ0v) is 16.6. The van der Waals surface area contributed by atoms with Gasteiger partial charge in [0, 0.05) is 16.9 Å². The number of carbonyl (C=O) groups is 1. The summed E-state index contributed by atoms with van der Waals surface area (Å²) in [6, 6.07) is 13.9. The highest BCUT2D eigenvalue weighted by atomic mass is 32.2. The van der Waals surface area contributed by atoms with Crippen LogP contribution in [0.5, 0.6) is 0 Å². The van der Waals surface area contributed by atoms with Crippen LogP contribution in [0, 0.1) is 0 Å². The van der Waals surface area contributed by atoms with Crippen LogP contribution in [0.25, 0.3) is 0 Å². The highest BCUT2D eigenvalue weighted by molar-refractivity contribution is 7.99. The summed E-state index contributed by atoms with van der Waals surface area (Å²) in [6.45, 7) is 5.69. The topological polar surface area (TPSA) is 63.2 Å². The van der Waals surface area contributed by atoms with Crippen LogP contribution >= 0.6 is 11.8 Å². The molecule has 0 bridgehead atoms. The molecule has 1 unspecified atom stereocenters. The Morgan fingerprint density at radius 2 is 1.85 bits per heavy atom. The van der Waals surface area contributed by atoms with E-state index in [4.69, 9.17) is 0 Å². The molecule has 0 aromatic heterocycles. The molecule has 0 spiro atoms.